The van der Waals surface area contributed by atoms with Gasteiger partial charge in [0.15, 0.2) is 0 Å². The lowest BCUT2D eigenvalue weighted by Crippen LogP contribution is -2.36. The van der Waals surface area contributed by atoms with Crippen LogP contribution >= 0.6 is 0 Å². The molecule has 2 atom stereocenters. The normalized spacial score (nSPS) is 23.2. The van der Waals surface area contributed by atoms with Crippen molar-refractivity contribution in [1.82, 2.24) is 4.90 Å². The van der Waals surface area contributed by atoms with Crippen molar-refractivity contribution in [2.75, 3.05) is 20.3 Å². The number of aliphatic hydroxyl groups is 1. The molecule has 0 radical (unpaired) electrons. The molecule has 30 heavy (non-hydrogen) atoms. The first-order chi connectivity index (χ1) is 14.5. The van der Waals surface area contributed by atoms with Gasteiger partial charge in [-0.1, -0.05) is 18.2 Å². The van der Waals surface area contributed by atoms with Gasteiger partial charge in [0.1, 0.15) is 17.3 Å². The Morgan fingerprint density at radius 1 is 1.20 bits per heavy atom. The van der Waals surface area contributed by atoms with Gasteiger partial charge in [-0.05, 0) is 43.2 Å². The minimum Gasteiger partial charge on any atom is -0.507 e. The van der Waals surface area contributed by atoms with Gasteiger partial charge in [0.05, 0.1) is 24.8 Å². The third kappa shape index (κ3) is 3.57. The number of rotatable bonds is 5. The van der Waals surface area contributed by atoms with E-state index in [1.54, 1.807) is 30.3 Å². The highest BCUT2D eigenvalue weighted by molar-refractivity contribution is 6.46. The quantitative estimate of drug-likeness (QED) is 0.463. The number of hydrogen-bond donors (Lipinski definition) is 1. The van der Waals surface area contributed by atoms with Gasteiger partial charge in [-0.3, -0.25) is 9.59 Å². The Labute approximate surface area is 173 Å². The van der Waals surface area contributed by atoms with Gasteiger partial charge in [-0.15, -0.1) is 0 Å². The SMILES string of the molecule is COc1ccc(/C(O)=C2/C(=O)C(=O)N(CC3CCCO3)C2c2ccccc2F)cc1. The van der Waals surface area contributed by atoms with E-state index in [9.17, 15) is 19.1 Å². The second-order valence-electron chi connectivity index (χ2n) is 7.34. The Morgan fingerprint density at radius 2 is 1.93 bits per heavy atom. The molecule has 2 aromatic rings. The van der Waals surface area contributed by atoms with Crippen LogP contribution < -0.4 is 4.74 Å². The second-order valence-corrected chi connectivity index (χ2v) is 7.34. The molecule has 4 rings (SSSR count). The van der Waals surface area contributed by atoms with Gasteiger partial charge in [0.25, 0.3) is 11.7 Å². The summed E-state index contributed by atoms with van der Waals surface area (Å²) in [7, 11) is 1.52. The first-order valence-corrected chi connectivity index (χ1v) is 9.80. The van der Waals surface area contributed by atoms with E-state index in [4.69, 9.17) is 9.47 Å². The second kappa shape index (κ2) is 8.28. The van der Waals surface area contributed by atoms with Crippen LogP contribution in [0.15, 0.2) is 54.1 Å². The Bertz CT molecular complexity index is 995. The van der Waals surface area contributed by atoms with Crippen LogP contribution in [0.1, 0.15) is 30.0 Å². The monoisotopic (exact) mass is 411 g/mol. The Morgan fingerprint density at radius 3 is 2.57 bits per heavy atom. The van der Waals surface area contributed by atoms with Gasteiger partial charge < -0.3 is 19.5 Å². The van der Waals surface area contributed by atoms with E-state index < -0.39 is 23.5 Å². The molecule has 0 saturated carbocycles. The summed E-state index contributed by atoms with van der Waals surface area (Å²) in [6, 6.07) is 11.4. The Balaban J connectivity index is 1.82. The van der Waals surface area contributed by atoms with Crippen molar-refractivity contribution in [1.29, 1.82) is 0 Å². The number of methoxy groups -OCH3 is 1. The van der Waals surface area contributed by atoms with E-state index in [1.807, 2.05) is 0 Å². The van der Waals surface area contributed by atoms with Gasteiger partial charge in [-0.25, -0.2) is 4.39 Å². The summed E-state index contributed by atoms with van der Waals surface area (Å²) in [5.41, 5.74) is 0.366. The average Bonchev–Trinajstić information content (AvgIpc) is 3.36. The van der Waals surface area contributed by atoms with E-state index in [2.05, 4.69) is 0 Å². The first kappa shape index (κ1) is 20.1. The Hall–Kier alpha value is -3.19. The van der Waals surface area contributed by atoms with Gasteiger partial charge >= 0.3 is 0 Å². The van der Waals surface area contributed by atoms with Gasteiger partial charge in [0, 0.05) is 24.3 Å². The number of Topliss-reactive ketones (excluding diaryl/α,β-unsaturated/α-hetero) is 1. The molecule has 2 saturated heterocycles. The molecule has 1 N–H and O–H groups in total. The molecule has 0 spiro atoms. The van der Waals surface area contributed by atoms with E-state index in [1.165, 1.54) is 30.2 Å². The summed E-state index contributed by atoms with van der Waals surface area (Å²) in [4.78, 5) is 27.1. The molecule has 0 bridgehead atoms. The van der Waals surface area contributed by atoms with Crippen LogP contribution in [0.4, 0.5) is 4.39 Å². The van der Waals surface area contributed by atoms with Crippen LogP contribution in [0.25, 0.3) is 5.76 Å². The molecule has 2 aliphatic heterocycles. The van der Waals surface area contributed by atoms with Crippen molar-refractivity contribution in [3.05, 3.63) is 71.0 Å². The van der Waals surface area contributed by atoms with E-state index >= 15 is 0 Å². The minimum atomic E-state index is -1.03. The third-order valence-electron chi connectivity index (χ3n) is 5.53. The third-order valence-corrected chi connectivity index (χ3v) is 5.53. The highest BCUT2D eigenvalue weighted by Gasteiger charge is 2.47. The maximum atomic E-state index is 14.7. The van der Waals surface area contributed by atoms with Crippen molar-refractivity contribution in [2.45, 2.75) is 25.0 Å². The molecule has 2 unspecified atom stereocenters. The standard InChI is InChI=1S/C23H22FNO5/c1-29-15-10-8-14(9-11-15)21(26)19-20(17-6-2-3-7-18(17)24)25(23(28)22(19)27)13-16-5-4-12-30-16/h2-3,6-11,16,20,26H,4-5,12-13H2,1H3/b21-19-. The molecule has 0 aromatic heterocycles. The van der Waals surface area contributed by atoms with E-state index in [0.717, 1.165) is 12.8 Å². The summed E-state index contributed by atoms with van der Waals surface area (Å²) in [6.07, 6.45) is 1.40. The number of likely N-dealkylation sites (tertiary alicyclic amines) is 1. The first-order valence-electron chi connectivity index (χ1n) is 9.80. The number of ether oxygens (including phenoxy) is 2. The number of carbonyl (C=O) groups is 2. The van der Waals surface area contributed by atoms with Crippen LogP contribution in [0.3, 0.4) is 0 Å². The molecule has 7 heteroatoms. The van der Waals surface area contributed by atoms with E-state index in [0.29, 0.717) is 17.9 Å². The van der Waals surface area contributed by atoms with Crippen LogP contribution in [0.5, 0.6) is 5.75 Å². The molecule has 156 valence electrons. The minimum absolute atomic E-state index is 0.131. The number of nitrogens with zero attached hydrogens (tertiary/aromatic N) is 1. The predicted octanol–water partition coefficient (Wildman–Crippen LogP) is 3.44. The van der Waals surface area contributed by atoms with Crippen LogP contribution in [-0.4, -0.2) is 48.1 Å². The lowest BCUT2D eigenvalue weighted by atomic mass is 9.94. The average molecular weight is 411 g/mol. The number of carbonyl (C=O) groups excluding carboxylic acids is 2. The lowest BCUT2D eigenvalue weighted by molar-refractivity contribution is -0.140. The zero-order chi connectivity index (χ0) is 21.3. The molecular formula is C23H22FNO5. The van der Waals surface area contributed by atoms with Crippen LogP contribution in [-0.2, 0) is 14.3 Å². The Kier molecular flexibility index (Phi) is 5.55. The number of halogens is 1. The molecular weight excluding hydrogens is 389 g/mol. The van der Waals surface area contributed by atoms with Crippen molar-refractivity contribution in [3.63, 3.8) is 0 Å². The molecule has 2 heterocycles. The summed E-state index contributed by atoms with van der Waals surface area (Å²) in [6.45, 7) is 0.744. The fraction of sp³-hybridized carbons (Fsp3) is 0.304. The maximum Gasteiger partial charge on any atom is 0.295 e. The fourth-order valence-electron chi connectivity index (χ4n) is 4.00. The number of amides is 1. The predicted molar refractivity (Wildman–Crippen MR) is 107 cm³/mol. The fourth-order valence-corrected chi connectivity index (χ4v) is 4.00. The number of hydrogen-bond acceptors (Lipinski definition) is 5. The van der Waals surface area contributed by atoms with Gasteiger partial charge in [-0.2, -0.15) is 0 Å². The molecule has 2 aliphatic rings. The van der Waals surface area contributed by atoms with Crippen LogP contribution in [0, 0.1) is 5.82 Å². The summed E-state index contributed by atoms with van der Waals surface area (Å²) in [5, 5.41) is 11.0. The van der Waals surface area contributed by atoms with Gasteiger partial charge in [0.2, 0.25) is 0 Å². The molecule has 6 nitrogen and oxygen atoms in total. The van der Waals surface area contributed by atoms with Crippen molar-refractivity contribution in [2.24, 2.45) is 0 Å². The molecule has 0 aliphatic carbocycles. The van der Waals surface area contributed by atoms with Crippen molar-refractivity contribution >= 4 is 17.4 Å². The molecule has 2 aromatic carbocycles. The van der Waals surface area contributed by atoms with Crippen molar-refractivity contribution < 1.29 is 28.6 Å². The maximum absolute atomic E-state index is 14.7. The summed E-state index contributed by atoms with van der Waals surface area (Å²) in [5.74, 6) is -1.93. The van der Waals surface area contributed by atoms with E-state index in [-0.39, 0.29) is 29.5 Å². The highest BCUT2D eigenvalue weighted by atomic mass is 19.1. The molecule has 2 fully saturated rings. The highest BCUT2D eigenvalue weighted by Crippen LogP contribution is 2.41. The molecule has 1 amide bonds. The lowest BCUT2D eigenvalue weighted by Gasteiger charge is -2.27. The number of aliphatic hydroxyl groups excluding tert-OH is 1. The topological polar surface area (TPSA) is 76.1 Å². The zero-order valence-corrected chi connectivity index (χ0v) is 16.5. The number of benzene rings is 2. The summed E-state index contributed by atoms with van der Waals surface area (Å²) < 4.78 is 25.5. The van der Waals surface area contributed by atoms with Crippen LogP contribution in [0.2, 0.25) is 0 Å². The number of ketones is 1. The van der Waals surface area contributed by atoms with Crippen molar-refractivity contribution in [3.8, 4) is 5.75 Å². The summed E-state index contributed by atoms with van der Waals surface area (Å²) >= 11 is 0. The smallest absolute Gasteiger partial charge is 0.295 e. The zero-order valence-electron chi connectivity index (χ0n) is 16.5. The largest absolute Gasteiger partial charge is 0.507 e.